The molecule has 0 amide bonds. The number of hydrogen-bond donors (Lipinski definition) is 1. The average Bonchev–Trinajstić information content (AvgIpc) is 2.69. The van der Waals surface area contributed by atoms with E-state index in [1.165, 1.54) is 23.5 Å². The van der Waals surface area contributed by atoms with E-state index in [4.69, 9.17) is 0 Å². The van der Waals surface area contributed by atoms with Crippen LogP contribution in [0.5, 0.6) is 0 Å². The highest BCUT2D eigenvalue weighted by Crippen LogP contribution is 2.17. The van der Waals surface area contributed by atoms with Crippen molar-refractivity contribution >= 4 is 38.6 Å². The first-order valence-electron chi connectivity index (χ1n) is 4.81. The van der Waals surface area contributed by atoms with Gasteiger partial charge in [-0.15, -0.1) is 11.3 Å². The van der Waals surface area contributed by atoms with Crippen LogP contribution in [0.2, 0.25) is 0 Å². The smallest absolute Gasteiger partial charge is 0.203 e. The number of anilines is 1. The van der Waals surface area contributed by atoms with Gasteiger partial charge in [0, 0.05) is 15.4 Å². The summed E-state index contributed by atoms with van der Waals surface area (Å²) in [5, 5.41) is 6.64. The number of hydrogen-bond acceptors (Lipinski definition) is 4. The van der Waals surface area contributed by atoms with Gasteiger partial charge in [0.05, 0.1) is 11.9 Å². The maximum atomic E-state index is 13.0. The predicted octanol–water partition coefficient (Wildman–Crippen LogP) is 3.80. The van der Waals surface area contributed by atoms with Crippen molar-refractivity contribution in [2.75, 3.05) is 5.43 Å². The summed E-state index contributed by atoms with van der Waals surface area (Å²) < 4.78 is 13.8. The minimum atomic E-state index is -0.292. The molecule has 0 aliphatic rings. The zero-order valence-corrected chi connectivity index (χ0v) is 11.3. The SMILES string of the molecule is Cc1csc(NN=Cc2cc(F)ccc2Br)n1. The summed E-state index contributed by atoms with van der Waals surface area (Å²) in [5.74, 6) is -0.292. The highest BCUT2D eigenvalue weighted by atomic mass is 79.9. The molecule has 1 aromatic carbocycles. The maximum absolute atomic E-state index is 13.0. The van der Waals surface area contributed by atoms with Gasteiger partial charge in [-0.2, -0.15) is 5.10 Å². The van der Waals surface area contributed by atoms with Crippen LogP contribution >= 0.6 is 27.3 Å². The molecule has 0 spiro atoms. The zero-order valence-electron chi connectivity index (χ0n) is 8.95. The Balaban J connectivity index is 2.07. The molecule has 88 valence electrons. The second-order valence-corrected chi connectivity index (χ2v) is 5.04. The first kappa shape index (κ1) is 12.2. The van der Waals surface area contributed by atoms with Gasteiger partial charge in [0.1, 0.15) is 5.82 Å². The second kappa shape index (κ2) is 5.37. The van der Waals surface area contributed by atoms with Gasteiger partial charge >= 0.3 is 0 Å². The molecular formula is C11H9BrFN3S. The molecule has 0 bridgehead atoms. The molecule has 17 heavy (non-hydrogen) atoms. The molecular weight excluding hydrogens is 305 g/mol. The second-order valence-electron chi connectivity index (χ2n) is 3.33. The van der Waals surface area contributed by atoms with Crippen molar-refractivity contribution in [3.05, 3.63) is 45.1 Å². The summed E-state index contributed by atoms with van der Waals surface area (Å²) in [6.45, 7) is 1.91. The molecule has 6 heteroatoms. The average molecular weight is 314 g/mol. The Morgan fingerprint density at radius 1 is 1.53 bits per heavy atom. The third kappa shape index (κ3) is 3.34. The minimum Gasteiger partial charge on any atom is -0.253 e. The quantitative estimate of drug-likeness (QED) is 0.691. The highest BCUT2D eigenvalue weighted by Gasteiger charge is 1.99. The summed E-state index contributed by atoms with van der Waals surface area (Å²) in [6, 6.07) is 4.44. The number of aromatic nitrogens is 1. The van der Waals surface area contributed by atoms with Crippen molar-refractivity contribution in [1.82, 2.24) is 4.98 Å². The summed E-state index contributed by atoms with van der Waals surface area (Å²) in [5.41, 5.74) is 4.41. The van der Waals surface area contributed by atoms with E-state index < -0.39 is 0 Å². The maximum Gasteiger partial charge on any atom is 0.203 e. The lowest BCUT2D eigenvalue weighted by molar-refractivity contribution is 0.627. The largest absolute Gasteiger partial charge is 0.253 e. The molecule has 0 aliphatic carbocycles. The molecule has 2 aromatic rings. The van der Waals surface area contributed by atoms with Crippen LogP contribution in [-0.2, 0) is 0 Å². The standard InChI is InChI=1S/C11H9BrFN3S/c1-7-6-17-11(15-7)16-14-5-8-4-9(13)2-3-10(8)12/h2-6H,1H3,(H,15,16). The van der Waals surface area contributed by atoms with Crippen LogP contribution in [0.15, 0.2) is 33.2 Å². The van der Waals surface area contributed by atoms with Crippen molar-refractivity contribution in [1.29, 1.82) is 0 Å². The number of thiazole rings is 1. The van der Waals surface area contributed by atoms with Crippen molar-refractivity contribution in [3.63, 3.8) is 0 Å². The topological polar surface area (TPSA) is 37.3 Å². The van der Waals surface area contributed by atoms with Crippen molar-refractivity contribution in [2.24, 2.45) is 5.10 Å². The molecule has 0 radical (unpaired) electrons. The molecule has 0 aliphatic heterocycles. The van der Waals surface area contributed by atoms with Crippen LogP contribution in [0.3, 0.4) is 0 Å². The Bertz CT molecular complexity index is 553. The molecule has 0 atom stereocenters. The third-order valence-electron chi connectivity index (χ3n) is 1.94. The monoisotopic (exact) mass is 313 g/mol. The Labute approximate surface area is 111 Å². The molecule has 2 rings (SSSR count). The van der Waals surface area contributed by atoms with Crippen molar-refractivity contribution < 1.29 is 4.39 Å². The van der Waals surface area contributed by atoms with Gasteiger partial charge in [-0.25, -0.2) is 9.37 Å². The number of nitrogens with one attached hydrogen (secondary N) is 1. The molecule has 3 nitrogen and oxygen atoms in total. The normalized spacial score (nSPS) is 11.0. The van der Waals surface area contributed by atoms with Crippen molar-refractivity contribution in [3.8, 4) is 0 Å². The third-order valence-corrected chi connectivity index (χ3v) is 3.53. The molecule has 0 unspecified atom stereocenters. The van der Waals surface area contributed by atoms with Crippen LogP contribution in [0, 0.1) is 12.7 Å². The molecule has 0 fully saturated rings. The van der Waals surface area contributed by atoms with Crippen LogP contribution < -0.4 is 5.43 Å². The molecule has 1 N–H and O–H groups in total. The van der Waals surface area contributed by atoms with Gasteiger partial charge in [-0.3, -0.25) is 5.43 Å². The Morgan fingerprint density at radius 3 is 3.06 bits per heavy atom. The number of nitrogens with zero attached hydrogens (tertiary/aromatic N) is 2. The lowest BCUT2D eigenvalue weighted by Gasteiger charge is -1.98. The van der Waals surface area contributed by atoms with E-state index in [-0.39, 0.29) is 5.82 Å². The van der Waals surface area contributed by atoms with Crippen LogP contribution in [0.4, 0.5) is 9.52 Å². The summed E-state index contributed by atoms with van der Waals surface area (Å²) in [6.07, 6.45) is 1.55. The van der Waals surface area contributed by atoms with E-state index in [1.807, 2.05) is 12.3 Å². The number of rotatable bonds is 3. The van der Waals surface area contributed by atoms with E-state index in [0.29, 0.717) is 10.7 Å². The van der Waals surface area contributed by atoms with Gasteiger partial charge in [0.25, 0.3) is 0 Å². The Morgan fingerprint density at radius 2 is 2.35 bits per heavy atom. The van der Waals surface area contributed by atoms with E-state index in [0.717, 1.165) is 10.2 Å². The van der Waals surface area contributed by atoms with Gasteiger partial charge in [0.15, 0.2) is 0 Å². The summed E-state index contributed by atoms with van der Waals surface area (Å²) >= 11 is 4.79. The molecule has 1 aromatic heterocycles. The van der Waals surface area contributed by atoms with Crippen LogP contribution in [-0.4, -0.2) is 11.2 Å². The zero-order chi connectivity index (χ0) is 12.3. The highest BCUT2D eigenvalue weighted by molar-refractivity contribution is 9.10. The van der Waals surface area contributed by atoms with Crippen LogP contribution in [0.1, 0.15) is 11.3 Å². The van der Waals surface area contributed by atoms with E-state index in [2.05, 4.69) is 31.4 Å². The predicted molar refractivity (Wildman–Crippen MR) is 72.2 cm³/mol. The van der Waals surface area contributed by atoms with E-state index in [9.17, 15) is 4.39 Å². The number of benzene rings is 1. The van der Waals surface area contributed by atoms with Crippen LogP contribution in [0.25, 0.3) is 0 Å². The van der Waals surface area contributed by atoms with E-state index >= 15 is 0 Å². The Kier molecular flexibility index (Phi) is 3.86. The minimum absolute atomic E-state index is 0.292. The fraction of sp³-hybridized carbons (Fsp3) is 0.0909. The van der Waals surface area contributed by atoms with Gasteiger partial charge < -0.3 is 0 Å². The lowest BCUT2D eigenvalue weighted by atomic mass is 10.2. The number of halogens is 2. The van der Waals surface area contributed by atoms with Gasteiger partial charge in [-0.1, -0.05) is 15.9 Å². The Hall–Kier alpha value is -1.27. The molecule has 0 saturated heterocycles. The summed E-state index contributed by atoms with van der Waals surface area (Å²) in [4.78, 5) is 4.19. The fourth-order valence-corrected chi connectivity index (χ4v) is 2.16. The molecule has 1 heterocycles. The molecule has 0 saturated carbocycles. The van der Waals surface area contributed by atoms with E-state index in [1.54, 1.807) is 12.3 Å². The first-order chi connectivity index (χ1) is 8.15. The van der Waals surface area contributed by atoms with Crippen molar-refractivity contribution in [2.45, 2.75) is 6.92 Å². The van der Waals surface area contributed by atoms with Gasteiger partial charge in [0.2, 0.25) is 5.13 Å². The lowest BCUT2D eigenvalue weighted by Crippen LogP contribution is -1.91. The number of hydrazone groups is 1. The van der Waals surface area contributed by atoms with Gasteiger partial charge in [-0.05, 0) is 25.1 Å². The first-order valence-corrected chi connectivity index (χ1v) is 6.48. The fourth-order valence-electron chi connectivity index (χ4n) is 1.18. The summed E-state index contributed by atoms with van der Waals surface area (Å²) in [7, 11) is 0. The number of aryl methyl sites for hydroxylation is 1.